The summed E-state index contributed by atoms with van der Waals surface area (Å²) in [6.45, 7) is 3.35. The molecule has 2 fully saturated rings. The molecule has 2 aliphatic rings. The molecule has 1 nitrogen and oxygen atoms in total. The Hall–Kier alpha value is -0.820. The van der Waals surface area contributed by atoms with Gasteiger partial charge in [0.1, 0.15) is 0 Å². The first kappa shape index (κ1) is 12.2. The van der Waals surface area contributed by atoms with Crippen LogP contribution in [0.25, 0.3) is 0 Å². The van der Waals surface area contributed by atoms with E-state index in [0.717, 1.165) is 12.5 Å². The molecule has 1 atom stereocenters. The van der Waals surface area contributed by atoms with Crippen molar-refractivity contribution in [3.8, 4) is 0 Å². The Balaban J connectivity index is 1.76. The van der Waals surface area contributed by atoms with E-state index in [-0.39, 0.29) is 0 Å². The van der Waals surface area contributed by atoms with E-state index in [0.29, 0.717) is 11.5 Å². The van der Waals surface area contributed by atoms with Crippen LogP contribution >= 0.6 is 0 Å². The van der Waals surface area contributed by atoms with Crippen LogP contribution in [-0.2, 0) is 5.41 Å². The van der Waals surface area contributed by atoms with E-state index < -0.39 is 0 Å². The molecule has 1 heteroatoms. The maximum absolute atomic E-state index is 3.78. The highest BCUT2D eigenvalue weighted by atomic mass is 14.9. The zero-order valence-electron chi connectivity index (χ0n) is 11.5. The lowest BCUT2D eigenvalue weighted by molar-refractivity contribution is 0.239. The summed E-state index contributed by atoms with van der Waals surface area (Å²) in [5.41, 5.74) is 2.03. The molecule has 0 amide bonds. The fraction of sp³-hybridized carbons (Fsp3) is 0.647. The van der Waals surface area contributed by atoms with Gasteiger partial charge in [-0.15, -0.1) is 0 Å². The fourth-order valence-electron chi connectivity index (χ4n) is 3.56. The molecule has 0 aromatic heterocycles. The van der Waals surface area contributed by atoms with Crippen molar-refractivity contribution >= 4 is 0 Å². The zero-order chi connectivity index (χ0) is 12.4. The second-order valence-electron chi connectivity index (χ2n) is 6.17. The van der Waals surface area contributed by atoms with Crippen LogP contribution in [0.2, 0.25) is 0 Å². The highest BCUT2D eigenvalue weighted by Gasteiger charge is 2.50. The molecule has 0 spiro atoms. The molecular weight excluding hydrogens is 218 g/mol. The van der Waals surface area contributed by atoms with Crippen LogP contribution in [0.5, 0.6) is 0 Å². The van der Waals surface area contributed by atoms with Gasteiger partial charge in [0.2, 0.25) is 0 Å². The Bertz CT molecular complexity index is 376. The molecule has 1 aromatic carbocycles. The van der Waals surface area contributed by atoms with Crippen LogP contribution in [0.15, 0.2) is 30.3 Å². The Morgan fingerprint density at radius 2 is 1.94 bits per heavy atom. The molecule has 0 radical (unpaired) electrons. The third-order valence-corrected chi connectivity index (χ3v) is 5.05. The van der Waals surface area contributed by atoms with E-state index in [1.165, 1.54) is 38.5 Å². The summed E-state index contributed by atoms with van der Waals surface area (Å²) < 4.78 is 0. The van der Waals surface area contributed by atoms with E-state index in [4.69, 9.17) is 0 Å². The lowest BCUT2D eigenvalue weighted by Gasteiger charge is -2.35. The smallest absolute Gasteiger partial charge is 0.0166 e. The van der Waals surface area contributed by atoms with Crippen LogP contribution in [0.3, 0.4) is 0 Å². The lowest BCUT2D eigenvalue weighted by atomic mass is 9.75. The number of rotatable bonds is 6. The third kappa shape index (κ3) is 2.21. The Labute approximate surface area is 111 Å². The van der Waals surface area contributed by atoms with E-state index in [1.807, 2.05) is 0 Å². The highest BCUT2D eigenvalue weighted by Crippen LogP contribution is 2.53. The van der Waals surface area contributed by atoms with Crippen LogP contribution in [0, 0.1) is 5.92 Å². The number of hydrogen-bond donors (Lipinski definition) is 1. The molecule has 1 aromatic rings. The van der Waals surface area contributed by atoms with Crippen molar-refractivity contribution in [2.75, 3.05) is 6.54 Å². The first-order valence-corrected chi connectivity index (χ1v) is 7.64. The Kier molecular flexibility index (Phi) is 3.43. The van der Waals surface area contributed by atoms with E-state index in [1.54, 1.807) is 5.56 Å². The maximum atomic E-state index is 3.78. The minimum Gasteiger partial charge on any atom is -0.313 e. The highest BCUT2D eigenvalue weighted by molar-refractivity contribution is 5.34. The van der Waals surface area contributed by atoms with Gasteiger partial charge in [0, 0.05) is 11.5 Å². The van der Waals surface area contributed by atoms with E-state index >= 15 is 0 Å². The molecule has 98 valence electrons. The summed E-state index contributed by atoms with van der Waals surface area (Å²) in [6.07, 6.45) is 8.53. The third-order valence-electron chi connectivity index (χ3n) is 5.05. The van der Waals surface area contributed by atoms with Gasteiger partial charge in [-0.25, -0.2) is 0 Å². The topological polar surface area (TPSA) is 12.0 Å². The molecule has 1 N–H and O–H groups in total. The van der Waals surface area contributed by atoms with Crippen molar-refractivity contribution in [3.05, 3.63) is 35.9 Å². The maximum Gasteiger partial charge on any atom is 0.0166 e. The number of nitrogens with one attached hydrogen (secondary N) is 1. The van der Waals surface area contributed by atoms with Crippen molar-refractivity contribution < 1.29 is 0 Å². The van der Waals surface area contributed by atoms with Gasteiger partial charge in [0.15, 0.2) is 0 Å². The molecule has 3 rings (SSSR count). The van der Waals surface area contributed by atoms with Gasteiger partial charge < -0.3 is 5.32 Å². The van der Waals surface area contributed by atoms with E-state index in [9.17, 15) is 0 Å². The fourth-order valence-corrected chi connectivity index (χ4v) is 3.56. The zero-order valence-corrected chi connectivity index (χ0v) is 11.5. The van der Waals surface area contributed by atoms with E-state index in [2.05, 4.69) is 42.6 Å². The minimum absolute atomic E-state index is 0.465. The monoisotopic (exact) mass is 243 g/mol. The Morgan fingerprint density at radius 1 is 1.22 bits per heavy atom. The van der Waals surface area contributed by atoms with Gasteiger partial charge in [0.25, 0.3) is 0 Å². The van der Waals surface area contributed by atoms with Crippen molar-refractivity contribution in [3.63, 3.8) is 0 Å². The molecule has 0 bridgehead atoms. The molecule has 2 aliphatic carbocycles. The van der Waals surface area contributed by atoms with Crippen molar-refractivity contribution in [2.24, 2.45) is 5.92 Å². The van der Waals surface area contributed by atoms with Gasteiger partial charge in [-0.1, -0.05) is 56.5 Å². The summed E-state index contributed by atoms with van der Waals surface area (Å²) in [5.74, 6) is 0.996. The molecule has 0 heterocycles. The van der Waals surface area contributed by atoms with Gasteiger partial charge in [-0.05, 0) is 37.3 Å². The van der Waals surface area contributed by atoms with Crippen LogP contribution < -0.4 is 5.32 Å². The Morgan fingerprint density at radius 3 is 2.44 bits per heavy atom. The largest absolute Gasteiger partial charge is 0.313 e. The summed E-state index contributed by atoms with van der Waals surface area (Å²) in [7, 11) is 0. The molecule has 18 heavy (non-hydrogen) atoms. The van der Waals surface area contributed by atoms with Crippen LogP contribution in [-0.4, -0.2) is 12.6 Å². The summed E-state index contributed by atoms with van der Waals surface area (Å²) in [6, 6.07) is 11.9. The van der Waals surface area contributed by atoms with Gasteiger partial charge in [-0.3, -0.25) is 0 Å². The first-order valence-electron chi connectivity index (χ1n) is 7.64. The average molecular weight is 243 g/mol. The van der Waals surface area contributed by atoms with Crippen molar-refractivity contribution in [1.29, 1.82) is 0 Å². The van der Waals surface area contributed by atoms with Crippen molar-refractivity contribution in [1.82, 2.24) is 5.32 Å². The molecule has 0 aliphatic heterocycles. The summed E-state index contributed by atoms with van der Waals surface area (Å²) in [4.78, 5) is 0. The summed E-state index contributed by atoms with van der Waals surface area (Å²) in [5, 5.41) is 3.78. The van der Waals surface area contributed by atoms with Crippen molar-refractivity contribution in [2.45, 2.75) is 56.9 Å². The number of benzene rings is 1. The van der Waals surface area contributed by atoms with Gasteiger partial charge >= 0.3 is 0 Å². The van der Waals surface area contributed by atoms with Crippen LogP contribution in [0.1, 0.15) is 51.0 Å². The first-order chi connectivity index (χ1) is 8.85. The molecule has 0 saturated heterocycles. The standard InChI is InChI=1S/C17H25N/c1-2-18-16(13-14-7-6-8-14)17(11-12-17)15-9-4-3-5-10-15/h3-5,9-10,14,16,18H,2,6-8,11-13H2,1H3. The predicted molar refractivity (Wildman–Crippen MR) is 76.8 cm³/mol. The SMILES string of the molecule is CCNC(CC1CCC1)C1(c2ccccc2)CC1. The average Bonchev–Trinajstić information content (AvgIpc) is 3.15. The number of hydrogen-bond acceptors (Lipinski definition) is 1. The second kappa shape index (κ2) is 5.05. The van der Waals surface area contributed by atoms with Crippen LogP contribution in [0.4, 0.5) is 0 Å². The van der Waals surface area contributed by atoms with Gasteiger partial charge in [-0.2, -0.15) is 0 Å². The number of likely N-dealkylation sites (N-methyl/N-ethyl adjacent to an activating group) is 1. The molecule has 1 unspecified atom stereocenters. The second-order valence-corrected chi connectivity index (χ2v) is 6.17. The predicted octanol–water partition coefficient (Wildman–Crippen LogP) is 3.89. The molecule has 2 saturated carbocycles. The minimum atomic E-state index is 0.465. The van der Waals surface area contributed by atoms with Gasteiger partial charge in [0.05, 0.1) is 0 Å². The normalized spacial score (nSPS) is 23.4. The molecular formula is C17H25N. The lowest BCUT2D eigenvalue weighted by Crippen LogP contribution is -2.42. The summed E-state index contributed by atoms with van der Waals surface area (Å²) >= 11 is 0. The quantitative estimate of drug-likeness (QED) is 0.799.